The highest BCUT2D eigenvalue weighted by molar-refractivity contribution is 5.99. The fourth-order valence-corrected chi connectivity index (χ4v) is 7.55. The average Bonchev–Trinajstić information content (AvgIpc) is 3.30. The maximum Gasteiger partial charge on any atom is 0.407 e. The molecule has 13 nitrogen and oxygen atoms in total. The van der Waals surface area contributed by atoms with Gasteiger partial charge in [-0.25, -0.2) is 9.59 Å². The van der Waals surface area contributed by atoms with Gasteiger partial charge < -0.3 is 40.4 Å². The van der Waals surface area contributed by atoms with E-state index in [-0.39, 0.29) is 24.3 Å². The number of rotatable bonds is 10. The first-order chi connectivity index (χ1) is 20.9. The van der Waals surface area contributed by atoms with Crippen LogP contribution < -0.4 is 21.3 Å². The van der Waals surface area contributed by atoms with Crippen LogP contribution in [0.2, 0.25) is 0 Å². The van der Waals surface area contributed by atoms with Crippen molar-refractivity contribution < 1.29 is 38.2 Å². The molecule has 0 radical (unpaired) electrons. The van der Waals surface area contributed by atoms with Gasteiger partial charge >= 0.3 is 12.2 Å². The fraction of sp³-hybridized carbons (Fsp3) is 0.839. The van der Waals surface area contributed by atoms with Crippen LogP contribution in [0.1, 0.15) is 78.6 Å². The average molecular weight is 622 g/mol. The number of amides is 5. The van der Waals surface area contributed by atoms with Crippen molar-refractivity contribution in [3.8, 4) is 0 Å². The molecule has 0 aromatic carbocycles. The molecule has 1 aliphatic heterocycles. The molecule has 4 N–H and O–H groups in total. The largest absolute Gasteiger partial charge is 0.453 e. The van der Waals surface area contributed by atoms with Gasteiger partial charge in [0.25, 0.3) is 0 Å². The normalized spacial score (nSPS) is 29.5. The Labute approximate surface area is 260 Å². The Kier molecular flexibility index (Phi) is 10.7. The minimum atomic E-state index is -1.51. The van der Waals surface area contributed by atoms with E-state index in [9.17, 15) is 24.0 Å². The van der Waals surface area contributed by atoms with E-state index < -0.39 is 53.1 Å². The molecular formula is C31H51N5O8. The summed E-state index contributed by atoms with van der Waals surface area (Å²) in [5, 5.41) is 11.1. The number of likely N-dealkylation sites (tertiary alicyclic amines) is 1. The number of methoxy groups -OCH3 is 3. The first kappa shape index (κ1) is 33.8. The summed E-state index contributed by atoms with van der Waals surface area (Å²) >= 11 is 0. The summed E-state index contributed by atoms with van der Waals surface area (Å²) in [6.07, 6.45) is 6.17. The van der Waals surface area contributed by atoms with Crippen molar-refractivity contribution in [3.05, 3.63) is 0 Å². The van der Waals surface area contributed by atoms with Gasteiger partial charge in [0.15, 0.2) is 0 Å². The van der Waals surface area contributed by atoms with Crippen LogP contribution >= 0.6 is 0 Å². The second-order valence-corrected chi connectivity index (χ2v) is 14.0. The van der Waals surface area contributed by atoms with E-state index in [4.69, 9.17) is 9.47 Å². The number of carbonyl (C=O) groups excluding carboxylic acids is 5. The van der Waals surface area contributed by atoms with E-state index in [1.807, 2.05) is 25.7 Å². The SMILES string of the molecule is COC[C@@H]1[C@H]2CCCC2CN1C(=O)C(NC(=O)[C@@H](NC(=O)C1(NC(=O)OC)CC1NC(=O)OC)C1CCCCC1)C(C)(C)C. The zero-order valence-corrected chi connectivity index (χ0v) is 27.0. The van der Waals surface area contributed by atoms with Gasteiger partial charge in [0, 0.05) is 20.1 Å². The van der Waals surface area contributed by atoms with Crippen molar-refractivity contribution in [3.63, 3.8) is 0 Å². The number of alkyl carbamates (subject to hydrolysis) is 2. The molecule has 4 unspecified atom stereocenters. The number of carbonyl (C=O) groups is 5. The second kappa shape index (κ2) is 13.9. The number of nitrogens with one attached hydrogen (secondary N) is 4. The molecule has 13 heteroatoms. The summed E-state index contributed by atoms with van der Waals surface area (Å²) < 4.78 is 14.9. The Balaban J connectivity index is 1.56. The third-order valence-corrected chi connectivity index (χ3v) is 10.1. The minimum absolute atomic E-state index is 0.0334. The Morgan fingerprint density at radius 1 is 0.886 bits per heavy atom. The highest BCUT2D eigenvalue weighted by atomic mass is 16.5. The lowest BCUT2D eigenvalue weighted by molar-refractivity contribution is -0.142. The molecule has 4 rings (SSSR count). The van der Waals surface area contributed by atoms with E-state index >= 15 is 0 Å². The molecule has 5 amide bonds. The highest BCUT2D eigenvalue weighted by Crippen LogP contribution is 2.43. The predicted octanol–water partition coefficient (Wildman–Crippen LogP) is 2.08. The van der Waals surface area contributed by atoms with Crippen LogP contribution in [-0.2, 0) is 28.6 Å². The van der Waals surface area contributed by atoms with Gasteiger partial charge in [-0.1, -0.05) is 46.5 Å². The standard InChI is InChI=1S/C31H51N5O8/c1-30(2,3)24(26(38)36-16-19-13-10-14-20(19)21(36)17-42-4)34-25(37)23(18-11-8-7-9-12-18)33-27(39)31(35-29(41)44-6)15-22(31)32-28(40)43-5/h18-24H,7-17H2,1-6H3,(H,32,40)(H,33,39)(H,34,37)(H,35,41)/t19?,20-,21+,22?,23-,24?,31?/m0/s1. The zero-order valence-electron chi connectivity index (χ0n) is 27.0. The van der Waals surface area contributed by atoms with Gasteiger partial charge in [0.2, 0.25) is 17.7 Å². The molecule has 0 aromatic rings. The third-order valence-electron chi connectivity index (χ3n) is 10.1. The third kappa shape index (κ3) is 7.24. The van der Waals surface area contributed by atoms with Crippen molar-refractivity contribution in [2.45, 2.75) is 108 Å². The van der Waals surface area contributed by atoms with Gasteiger partial charge in [-0.3, -0.25) is 14.4 Å². The Hall–Kier alpha value is -3.09. The molecule has 3 saturated carbocycles. The summed E-state index contributed by atoms with van der Waals surface area (Å²) in [6, 6.07) is -2.55. The van der Waals surface area contributed by atoms with Crippen LogP contribution in [0.5, 0.6) is 0 Å². The van der Waals surface area contributed by atoms with Crippen molar-refractivity contribution in [2.24, 2.45) is 23.2 Å². The summed E-state index contributed by atoms with van der Waals surface area (Å²) in [5.41, 5.74) is -2.11. The molecular weight excluding hydrogens is 570 g/mol. The Morgan fingerprint density at radius 2 is 1.57 bits per heavy atom. The number of hydrogen-bond donors (Lipinski definition) is 4. The molecule has 0 spiro atoms. The summed E-state index contributed by atoms with van der Waals surface area (Å²) in [5.74, 6) is -0.503. The highest BCUT2D eigenvalue weighted by Gasteiger charge is 2.63. The van der Waals surface area contributed by atoms with E-state index in [1.165, 1.54) is 14.2 Å². The summed E-state index contributed by atoms with van der Waals surface area (Å²) in [6.45, 7) is 6.88. The number of hydrogen-bond acceptors (Lipinski definition) is 8. The van der Waals surface area contributed by atoms with Crippen LogP contribution in [0, 0.1) is 23.2 Å². The molecule has 4 fully saturated rings. The topological polar surface area (TPSA) is 164 Å². The molecule has 0 aromatic heterocycles. The van der Waals surface area contributed by atoms with Crippen LogP contribution in [0.4, 0.5) is 9.59 Å². The number of fused-ring (bicyclic) bond motifs is 1. The maximum atomic E-state index is 14.2. The van der Waals surface area contributed by atoms with Gasteiger partial charge in [-0.15, -0.1) is 0 Å². The van der Waals surface area contributed by atoms with Crippen molar-refractivity contribution in [1.29, 1.82) is 0 Å². The number of ether oxygens (including phenoxy) is 3. The van der Waals surface area contributed by atoms with Crippen molar-refractivity contribution in [2.75, 3.05) is 34.5 Å². The molecule has 3 aliphatic carbocycles. The second-order valence-electron chi connectivity index (χ2n) is 14.0. The Bertz CT molecular complexity index is 1090. The lowest BCUT2D eigenvalue weighted by atomic mass is 9.82. The molecule has 1 saturated heterocycles. The first-order valence-corrected chi connectivity index (χ1v) is 16.0. The lowest BCUT2D eigenvalue weighted by Gasteiger charge is -2.38. The van der Waals surface area contributed by atoms with Gasteiger partial charge in [-0.05, 0) is 48.9 Å². The van der Waals surface area contributed by atoms with Crippen LogP contribution in [-0.4, -0.2) is 99.0 Å². The summed E-state index contributed by atoms with van der Waals surface area (Å²) in [7, 11) is 4.03. The molecule has 44 heavy (non-hydrogen) atoms. The molecule has 248 valence electrons. The molecule has 7 atom stereocenters. The fourth-order valence-electron chi connectivity index (χ4n) is 7.55. The van der Waals surface area contributed by atoms with Crippen LogP contribution in [0.15, 0.2) is 0 Å². The minimum Gasteiger partial charge on any atom is -0.453 e. The monoisotopic (exact) mass is 621 g/mol. The van der Waals surface area contributed by atoms with Crippen molar-refractivity contribution in [1.82, 2.24) is 26.2 Å². The smallest absolute Gasteiger partial charge is 0.407 e. The van der Waals surface area contributed by atoms with Gasteiger partial charge in [0.05, 0.1) is 32.9 Å². The lowest BCUT2D eigenvalue weighted by Crippen LogP contribution is -2.63. The van der Waals surface area contributed by atoms with E-state index in [1.54, 1.807) is 7.11 Å². The number of nitrogens with zero attached hydrogens (tertiary/aromatic N) is 1. The predicted molar refractivity (Wildman–Crippen MR) is 160 cm³/mol. The Morgan fingerprint density at radius 3 is 2.18 bits per heavy atom. The van der Waals surface area contributed by atoms with Gasteiger partial charge in [0.1, 0.15) is 17.6 Å². The van der Waals surface area contributed by atoms with Crippen LogP contribution in [0.3, 0.4) is 0 Å². The van der Waals surface area contributed by atoms with Gasteiger partial charge in [-0.2, -0.15) is 0 Å². The summed E-state index contributed by atoms with van der Waals surface area (Å²) in [4.78, 5) is 68.2. The van der Waals surface area contributed by atoms with Crippen LogP contribution in [0.25, 0.3) is 0 Å². The quantitative estimate of drug-likeness (QED) is 0.288. The molecule has 4 aliphatic rings. The van der Waals surface area contributed by atoms with E-state index in [0.717, 1.165) is 51.4 Å². The van der Waals surface area contributed by atoms with E-state index in [2.05, 4.69) is 26.0 Å². The molecule has 1 heterocycles. The first-order valence-electron chi connectivity index (χ1n) is 16.0. The zero-order chi connectivity index (χ0) is 32.2. The molecule has 0 bridgehead atoms. The van der Waals surface area contributed by atoms with E-state index in [0.29, 0.717) is 25.0 Å². The maximum absolute atomic E-state index is 14.2. The van der Waals surface area contributed by atoms with Crippen molar-refractivity contribution >= 4 is 29.9 Å².